The van der Waals surface area contributed by atoms with E-state index in [1.807, 2.05) is 13.8 Å². The fraction of sp³-hybridized carbons (Fsp3) is 1.00. The van der Waals surface area contributed by atoms with Crippen LogP contribution in [0.15, 0.2) is 0 Å². The number of fused-ring (bicyclic) bond motifs is 2. The van der Waals surface area contributed by atoms with Crippen molar-refractivity contribution in [2.75, 3.05) is 0 Å². The summed E-state index contributed by atoms with van der Waals surface area (Å²) in [5, 5.41) is 0. The van der Waals surface area contributed by atoms with E-state index in [-0.39, 0.29) is 18.3 Å². The van der Waals surface area contributed by atoms with E-state index in [1.165, 1.54) is 13.8 Å². The number of hydrogen-bond donors (Lipinski definition) is 0. The van der Waals surface area contributed by atoms with Crippen LogP contribution in [-0.2, 0) is 4.74 Å². The largest absolute Gasteiger partial charge is 0.420 e. The second-order valence-electron chi connectivity index (χ2n) is 7.08. The Kier molecular flexibility index (Phi) is 3.68. The minimum Gasteiger partial charge on any atom is -0.360 e. The van der Waals surface area contributed by atoms with E-state index >= 15 is 4.39 Å². The average molecular weight is 296 g/mol. The summed E-state index contributed by atoms with van der Waals surface area (Å²) in [6.45, 7) is 7.82. The molecule has 2 bridgehead atoms. The number of halogens is 4. The zero-order chi connectivity index (χ0) is 15.5. The molecule has 6 atom stereocenters. The van der Waals surface area contributed by atoms with Gasteiger partial charge in [0.1, 0.15) is 0 Å². The summed E-state index contributed by atoms with van der Waals surface area (Å²) in [6, 6.07) is 0. The van der Waals surface area contributed by atoms with E-state index in [0.29, 0.717) is 12.3 Å². The highest BCUT2D eigenvalue weighted by atomic mass is 19.4. The van der Waals surface area contributed by atoms with Crippen LogP contribution in [0.25, 0.3) is 0 Å². The first-order chi connectivity index (χ1) is 8.94. The lowest BCUT2D eigenvalue weighted by Crippen LogP contribution is -2.64. The summed E-state index contributed by atoms with van der Waals surface area (Å²) in [5.41, 5.74) is -5.03. The molecule has 0 saturated heterocycles. The summed E-state index contributed by atoms with van der Waals surface area (Å²) in [7, 11) is 0. The maximum atomic E-state index is 15.5. The molecule has 0 aromatic heterocycles. The van der Waals surface area contributed by atoms with Gasteiger partial charge in [0.05, 0.1) is 6.10 Å². The van der Waals surface area contributed by atoms with E-state index in [4.69, 9.17) is 4.74 Å². The SMILES string of the molecule is CC(C)OC(C)(C(F)(F)F)C1(F)CC2CC1C(C)C2C. The average Bonchev–Trinajstić information content (AvgIpc) is 2.75. The number of hydrogen-bond acceptors (Lipinski definition) is 1. The highest BCUT2D eigenvalue weighted by Crippen LogP contribution is 2.64. The molecule has 2 rings (SSSR count). The summed E-state index contributed by atoms with van der Waals surface area (Å²) < 4.78 is 61.3. The molecule has 1 nitrogen and oxygen atoms in total. The maximum Gasteiger partial charge on any atom is 0.420 e. The van der Waals surface area contributed by atoms with Crippen molar-refractivity contribution in [3.8, 4) is 0 Å². The van der Waals surface area contributed by atoms with Crippen LogP contribution in [0.2, 0.25) is 0 Å². The lowest BCUT2D eigenvalue weighted by Gasteiger charge is -2.49. The lowest BCUT2D eigenvalue weighted by molar-refractivity contribution is -0.332. The van der Waals surface area contributed by atoms with Crippen molar-refractivity contribution in [1.82, 2.24) is 0 Å². The Balaban J connectivity index is 2.40. The van der Waals surface area contributed by atoms with Crippen LogP contribution in [0.5, 0.6) is 0 Å². The first-order valence-corrected chi connectivity index (χ1v) is 7.37. The predicted octanol–water partition coefficient (Wildman–Crippen LogP) is 4.75. The van der Waals surface area contributed by atoms with Crippen LogP contribution < -0.4 is 0 Å². The second kappa shape index (κ2) is 4.59. The molecule has 5 heteroatoms. The standard InChI is InChI=1S/C15H24F4O/c1-8(2)20-13(5,15(17,18)19)14(16)7-11-6-12(14)10(4)9(11)3/h8-12H,6-7H2,1-5H3. The van der Waals surface area contributed by atoms with Gasteiger partial charge in [-0.05, 0) is 57.3 Å². The molecule has 2 fully saturated rings. The van der Waals surface area contributed by atoms with Gasteiger partial charge in [0, 0.05) is 0 Å². The molecule has 0 aromatic rings. The van der Waals surface area contributed by atoms with Crippen LogP contribution in [0.1, 0.15) is 47.5 Å². The minimum absolute atomic E-state index is 0.0313. The molecule has 0 aromatic carbocycles. The zero-order valence-electron chi connectivity index (χ0n) is 12.7. The number of ether oxygens (including phenoxy) is 1. The molecule has 0 heterocycles. The topological polar surface area (TPSA) is 9.23 Å². The van der Waals surface area contributed by atoms with Gasteiger partial charge in [0.25, 0.3) is 0 Å². The number of alkyl halides is 4. The van der Waals surface area contributed by atoms with Crippen molar-refractivity contribution in [3.63, 3.8) is 0 Å². The summed E-state index contributed by atoms with van der Waals surface area (Å²) in [4.78, 5) is 0. The Morgan fingerprint density at radius 1 is 1.15 bits per heavy atom. The van der Waals surface area contributed by atoms with E-state index in [9.17, 15) is 13.2 Å². The van der Waals surface area contributed by atoms with Crippen LogP contribution in [0.3, 0.4) is 0 Å². The summed E-state index contributed by atoms with van der Waals surface area (Å²) in [6.07, 6.45) is -4.86. The Hall–Kier alpha value is -0.320. The molecule has 6 unspecified atom stereocenters. The van der Waals surface area contributed by atoms with Crippen molar-refractivity contribution in [2.45, 2.75) is 71.0 Å². The Bertz CT molecular complexity index is 379. The molecule has 20 heavy (non-hydrogen) atoms. The predicted molar refractivity (Wildman–Crippen MR) is 69.1 cm³/mol. The van der Waals surface area contributed by atoms with Gasteiger partial charge in [0.2, 0.25) is 0 Å². The zero-order valence-corrected chi connectivity index (χ0v) is 12.7. The van der Waals surface area contributed by atoms with E-state index in [0.717, 1.165) is 6.92 Å². The Morgan fingerprint density at radius 3 is 2.05 bits per heavy atom. The van der Waals surface area contributed by atoms with Crippen molar-refractivity contribution >= 4 is 0 Å². The molecule has 0 N–H and O–H groups in total. The van der Waals surface area contributed by atoms with Crippen LogP contribution >= 0.6 is 0 Å². The third-order valence-electron chi connectivity index (χ3n) is 5.72. The van der Waals surface area contributed by atoms with Crippen molar-refractivity contribution in [1.29, 1.82) is 0 Å². The fourth-order valence-corrected chi connectivity index (χ4v) is 4.38. The van der Waals surface area contributed by atoms with Gasteiger partial charge in [-0.15, -0.1) is 0 Å². The monoisotopic (exact) mass is 296 g/mol. The highest BCUT2D eigenvalue weighted by molar-refractivity contribution is 5.17. The van der Waals surface area contributed by atoms with Gasteiger partial charge >= 0.3 is 6.18 Å². The summed E-state index contributed by atoms with van der Waals surface area (Å²) >= 11 is 0. The van der Waals surface area contributed by atoms with Crippen molar-refractivity contribution in [3.05, 3.63) is 0 Å². The van der Waals surface area contributed by atoms with E-state index in [2.05, 4.69) is 0 Å². The minimum atomic E-state index is -4.71. The normalized spacial score (nSPS) is 44.1. The third-order valence-corrected chi connectivity index (χ3v) is 5.72. The van der Waals surface area contributed by atoms with Crippen molar-refractivity contribution in [2.24, 2.45) is 23.7 Å². The Labute approximate surface area is 118 Å². The first-order valence-electron chi connectivity index (χ1n) is 7.37. The highest BCUT2D eigenvalue weighted by Gasteiger charge is 2.74. The molecule has 0 radical (unpaired) electrons. The van der Waals surface area contributed by atoms with Gasteiger partial charge in [0.15, 0.2) is 11.3 Å². The maximum absolute atomic E-state index is 15.5. The van der Waals surface area contributed by atoms with Crippen LogP contribution in [0, 0.1) is 23.7 Å². The van der Waals surface area contributed by atoms with E-state index in [1.54, 1.807) is 0 Å². The smallest absolute Gasteiger partial charge is 0.360 e. The summed E-state index contributed by atoms with van der Waals surface area (Å²) in [5.74, 6) is -0.262. The first kappa shape index (κ1) is 16.1. The Morgan fingerprint density at radius 2 is 1.70 bits per heavy atom. The van der Waals surface area contributed by atoms with Crippen LogP contribution in [0.4, 0.5) is 17.6 Å². The van der Waals surface area contributed by atoms with Crippen LogP contribution in [-0.4, -0.2) is 23.6 Å². The van der Waals surface area contributed by atoms with Gasteiger partial charge in [-0.3, -0.25) is 0 Å². The molecular formula is C15H24F4O. The molecule has 2 aliphatic carbocycles. The van der Waals surface area contributed by atoms with Crippen molar-refractivity contribution < 1.29 is 22.3 Å². The second-order valence-corrected chi connectivity index (χ2v) is 7.08. The molecule has 0 amide bonds. The molecule has 2 saturated carbocycles. The molecular weight excluding hydrogens is 272 g/mol. The molecule has 0 aliphatic heterocycles. The fourth-order valence-electron chi connectivity index (χ4n) is 4.38. The van der Waals surface area contributed by atoms with Gasteiger partial charge in [-0.2, -0.15) is 13.2 Å². The third kappa shape index (κ3) is 1.99. The number of rotatable bonds is 3. The molecule has 118 valence electrons. The van der Waals surface area contributed by atoms with E-state index < -0.39 is 29.5 Å². The van der Waals surface area contributed by atoms with Gasteiger partial charge in [-0.1, -0.05) is 13.8 Å². The molecule has 0 spiro atoms. The van der Waals surface area contributed by atoms with Gasteiger partial charge in [-0.25, -0.2) is 4.39 Å². The quantitative estimate of drug-likeness (QED) is 0.683. The lowest BCUT2D eigenvalue weighted by atomic mass is 9.67. The van der Waals surface area contributed by atoms with Gasteiger partial charge < -0.3 is 4.74 Å². The molecule has 2 aliphatic rings.